The number of aliphatic hydroxyl groups excluding tert-OH is 1. The molecular weight excluding hydrogens is 242 g/mol. The van der Waals surface area contributed by atoms with Crippen molar-refractivity contribution >= 4 is 0 Å². The third-order valence-electron chi connectivity index (χ3n) is 2.38. The molecule has 1 N–H and O–H groups in total. The van der Waals surface area contributed by atoms with Crippen LogP contribution in [0.5, 0.6) is 5.75 Å². The zero-order chi connectivity index (χ0) is 13.1. The average molecular weight is 254 g/mol. The molecule has 1 heterocycles. The van der Waals surface area contributed by atoms with Gasteiger partial charge in [-0.25, -0.2) is 8.78 Å². The summed E-state index contributed by atoms with van der Waals surface area (Å²) >= 11 is 0. The Kier molecular flexibility index (Phi) is 3.57. The number of aryl methyl sites for hydroxylation is 1. The summed E-state index contributed by atoms with van der Waals surface area (Å²) in [6, 6.07) is 2.09. The highest BCUT2D eigenvalue weighted by atomic mass is 19.1. The lowest BCUT2D eigenvalue weighted by Gasteiger charge is -2.08. The second-order valence-electron chi connectivity index (χ2n) is 3.86. The van der Waals surface area contributed by atoms with Crippen LogP contribution in [0.3, 0.4) is 0 Å². The Morgan fingerprint density at radius 3 is 2.44 bits per heavy atom. The summed E-state index contributed by atoms with van der Waals surface area (Å²) in [6.07, 6.45) is 3.25. The maximum atomic E-state index is 13.5. The van der Waals surface area contributed by atoms with E-state index >= 15 is 0 Å². The Bertz CT molecular complexity index is 532. The van der Waals surface area contributed by atoms with E-state index in [0.29, 0.717) is 5.56 Å². The van der Waals surface area contributed by atoms with Gasteiger partial charge in [0, 0.05) is 18.8 Å². The molecule has 0 aliphatic heterocycles. The molecule has 0 saturated heterocycles. The summed E-state index contributed by atoms with van der Waals surface area (Å²) in [6.45, 7) is -0.392. The Morgan fingerprint density at radius 1 is 1.28 bits per heavy atom. The summed E-state index contributed by atoms with van der Waals surface area (Å²) in [4.78, 5) is 0. The molecule has 0 unspecified atom stereocenters. The highest BCUT2D eigenvalue weighted by molar-refractivity contribution is 5.31. The highest BCUT2D eigenvalue weighted by Gasteiger charge is 2.12. The monoisotopic (exact) mass is 254 g/mol. The maximum absolute atomic E-state index is 13.5. The molecule has 0 fully saturated rings. The topological polar surface area (TPSA) is 47.3 Å². The minimum Gasteiger partial charge on any atom is -0.483 e. The van der Waals surface area contributed by atoms with E-state index in [0.717, 1.165) is 12.1 Å². The summed E-state index contributed by atoms with van der Waals surface area (Å²) in [7, 11) is 1.74. The van der Waals surface area contributed by atoms with Crippen LogP contribution in [-0.4, -0.2) is 14.9 Å². The van der Waals surface area contributed by atoms with Gasteiger partial charge in [-0.2, -0.15) is 5.10 Å². The van der Waals surface area contributed by atoms with Crippen molar-refractivity contribution in [3.05, 3.63) is 47.3 Å². The Morgan fingerprint density at radius 2 is 1.94 bits per heavy atom. The highest BCUT2D eigenvalue weighted by Crippen LogP contribution is 2.24. The zero-order valence-electron chi connectivity index (χ0n) is 9.73. The van der Waals surface area contributed by atoms with Crippen molar-refractivity contribution in [1.82, 2.24) is 9.78 Å². The second kappa shape index (κ2) is 5.14. The van der Waals surface area contributed by atoms with E-state index in [1.807, 2.05) is 0 Å². The van der Waals surface area contributed by atoms with Gasteiger partial charge >= 0.3 is 0 Å². The largest absolute Gasteiger partial charge is 0.483 e. The van der Waals surface area contributed by atoms with E-state index in [-0.39, 0.29) is 12.2 Å². The van der Waals surface area contributed by atoms with Gasteiger partial charge in [-0.15, -0.1) is 0 Å². The molecule has 0 spiro atoms. The molecule has 0 aliphatic rings. The number of nitrogens with zero attached hydrogens (tertiary/aromatic N) is 2. The molecule has 0 bridgehead atoms. The zero-order valence-corrected chi connectivity index (χ0v) is 9.73. The molecule has 0 saturated carbocycles. The van der Waals surface area contributed by atoms with E-state index in [1.165, 1.54) is 0 Å². The van der Waals surface area contributed by atoms with E-state index in [1.54, 1.807) is 24.1 Å². The fourth-order valence-electron chi connectivity index (χ4n) is 1.54. The first kappa shape index (κ1) is 12.5. The second-order valence-corrected chi connectivity index (χ2v) is 3.86. The molecule has 0 amide bonds. The van der Waals surface area contributed by atoms with Crippen LogP contribution in [0, 0.1) is 11.6 Å². The molecule has 18 heavy (non-hydrogen) atoms. The van der Waals surface area contributed by atoms with Gasteiger partial charge in [-0.05, 0) is 17.7 Å². The number of halogens is 2. The van der Waals surface area contributed by atoms with Gasteiger partial charge in [0.25, 0.3) is 0 Å². The number of rotatable bonds is 4. The van der Waals surface area contributed by atoms with Gasteiger partial charge < -0.3 is 9.84 Å². The van der Waals surface area contributed by atoms with Gasteiger partial charge in [-0.3, -0.25) is 4.68 Å². The van der Waals surface area contributed by atoms with Crippen molar-refractivity contribution in [2.75, 3.05) is 0 Å². The lowest BCUT2D eigenvalue weighted by Crippen LogP contribution is -2.00. The van der Waals surface area contributed by atoms with Gasteiger partial charge in [0.1, 0.15) is 6.61 Å². The lowest BCUT2D eigenvalue weighted by atomic mass is 10.2. The number of hydrogen-bond acceptors (Lipinski definition) is 3. The predicted molar refractivity (Wildman–Crippen MR) is 59.8 cm³/mol. The summed E-state index contributed by atoms with van der Waals surface area (Å²) < 4.78 is 33.7. The van der Waals surface area contributed by atoms with Crippen molar-refractivity contribution in [2.45, 2.75) is 13.2 Å². The molecule has 2 aromatic rings. The third-order valence-corrected chi connectivity index (χ3v) is 2.38. The Balaban J connectivity index is 2.14. The van der Waals surface area contributed by atoms with Crippen LogP contribution >= 0.6 is 0 Å². The number of ether oxygens (including phenoxy) is 1. The molecule has 0 radical (unpaired) electrons. The molecule has 0 aliphatic carbocycles. The normalized spacial score (nSPS) is 10.7. The first-order valence-corrected chi connectivity index (χ1v) is 5.29. The van der Waals surface area contributed by atoms with Crippen molar-refractivity contribution in [3.63, 3.8) is 0 Å². The molecule has 96 valence electrons. The average Bonchev–Trinajstić information content (AvgIpc) is 2.73. The number of aliphatic hydroxyl groups is 1. The van der Waals surface area contributed by atoms with Crippen molar-refractivity contribution in [3.8, 4) is 5.75 Å². The fraction of sp³-hybridized carbons (Fsp3) is 0.250. The minimum atomic E-state index is -0.831. The smallest absolute Gasteiger partial charge is 0.191 e. The van der Waals surface area contributed by atoms with Crippen molar-refractivity contribution < 1.29 is 18.6 Å². The van der Waals surface area contributed by atoms with Crippen molar-refractivity contribution in [1.29, 1.82) is 0 Å². The fourth-order valence-corrected chi connectivity index (χ4v) is 1.54. The first-order chi connectivity index (χ1) is 8.60. The van der Waals surface area contributed by atoms with Gasteiger partial charge in [0.05, 0.1) is 12.8 Å². The van der Waals surface area contributed by atoms with Crippen LogP contribution < -0.4 is 4.74 Å². The number of benzene rings is 1. The van der Waals surface area contributed by atoms with E-state index in [9.17, 15) is 8.78 Å². The number of hydrogen-bond donors (Lipinski definition) is 1. The molecule has 2 rings (SSSR count). The van der Waals surface area contributed by atoms with Gasteiger partial charge in [0.2, 0.25) is 0 Å². The van der Waals surface area contributed by atoms with Crippen LogP contribution in [0.1, 0.15) is 11.1 Å². The Labute approximate surface area is 102 Å². The summed E-state index contributed by atoms with van der Waals surface area (Å²) in [5.74, 6) is -2.11. The lowest BCUT2D eigenvalue weighted by molar-refractivity contribution is 0.266. The molecule has 6 heteroatoms. The van der Waals surface area contributed by atoms with Crippen LogP contribution in [0.4, 0.5) is 8.78 Å². The standard InChI is InChI=1S/C12H12F2N2O2/c1-16-5-9(4-15-16)7-18-12-10(13)2-8(6-17)3-11(12)14/h2-5,17H,6-7H2,1H3. The quantitative estimate of drug-likeness (QED) is 0.904. The molecular formula is C12H12F2N2O2. The van der Waals surface area contributed by atoms with E-state index in [4.69, 9.17) is 9.84 Å². The van der Waals surface area contributed by atoms with Gasteiger partial charge in [-0.1, -0.05) is 0 Å². The SMILES string of the molecule is Cn1cc(COc2c(F)cc(CO)cc2F)cn1. The molecule has 0 atom stereocenters. The van der Waals surface area contributed by atoms with Crippen LogP contribution in [0.15, 0.2) is 24.5 Å². The molecule has 1 aromatic heterocycles. The molecule has 1 aromatic carbocycles. The minimum absolute atomic E-state index is 0.0279. The van der Waals surface area contributed by atoms with Gasteiger partial charge in [0.15, 0.2) is 17.4 Å². The van der Waals surface area contributed by atoms with Crippen LogP contribution in [-0.2, 0) is 20.3 Å². The first-order valence-electron chi connectivity index (χ1n) is 5.29. The van der Waals surface area contributed by atoms with Crippen LogP contribution in [0.2, 0.25) is 0 Å². The molecule has 4 nitrogen and oxygen atoms in total. The number of aromatic nitrogens is 2. The third kappa shape index (κ3) is 2.65. The van der Waals surface area contributed by atoms with Crippen molar-refractivity contribution in [2.24, 2.45) is 7.05 Å². The van der Waals surface area contributed by atoms with Crippen LogP contribution in [0.25, 0.3) is 0 Å². The van der Waals surface area contributed by atoms with E-state index < -0.39 is 24.0 Å². The maximum Gasteiger partial charge on any atom is 0.191 e. The summed E-state index contributed by atoms with van der Waals surface area (Å²) in [5.41, 5.74) is 0.876. The Hall–Kier alpha value is -1.95. The predicted octanol–water partition coefficient (Wildman–Crippen LogP) is 1.77. The van der Waals surface area contributed by atoms with E-state index in [2.05, 4.69) is 5.10 Å². The summed E-state index contributed by atoms with van der Waals surface area (Å²) in [5, 5.41) is 12.7.